The quantitative estimate of drug-likeness (QED) is 0.300. The summed E-state index contributed by atoms with van der Waals surface area (Å²) < 4.78 is 12.3. The first-order chi connectivity index (χ1) is 14.1. The Bertz CT molecular complexity index is 746. The summed E-state index contributed by atoms with van der Waals surface area (Å²) >= 11 is 3.38. The highest BCUT2D eigenvalue weighted by Crippen LogP contribution is 2.38. The molecular formula is C24H31BrO4. The Hall–Kier alpha value is -2.01. The largest absolute Gasteiger partial charge is 0.490 e. The summed E-state index contributed by atoms with van der Waals surface area (Å²) in [5.41, 5.74) is 1.17. The molecule has 0 aliphatic carbocycles. The lowest BCUT2D eigenvalue weighted by Gasteiger charge is -2.16. The lowest BCUT2D eigenvalue weighted by molar-refractivity contribution is 0.0695. The van der Waals surface area contributed by atoms with E-state index in [2.05, 4.69) is 22.9 Å². The third-order valence-electron chi connectivity index (χ3n) is 4.77. The van der Waals surface area contributed by atoms with Crippen LogP contribution in [0.4, 0.5) is 0 Å². The lowest BCUT2D eigenvalue weighted by atomic mass is 10.1. The molecule has 0 spiro atoms. The zero-order valence-corrected chi connectivity index (χ0v) is 18.7. The number of carboxylic acids is 1. The number of carbonyl (C=O) groups is 1. The molecule has 158 valence electrons. The molecule has 0 unspecified atom stereocenters. The molecule has 5 heteroatoms. The van der Waals surface area contributed by atoms with Crippen LogP contribution in [0, 0.1) is 0 Å². The van der Waals surface area contributed by atoms with Gasteiger partial charge in [0, 0.05) is 0 Å². The lowest BCUT2D eigenvalue weighted by Crippen LogP contribution is -2.05. The average molecular weight is 463 g/mol. The minimum Gasteiger partial charge on any atom is -0.490 e. The molecule has 0 fully saturated rings. The third kappa shape index (κ3) is 8.09. The van der Waals surface area contributed by atoms with Gasteiger partial charge in [0.1, 0.15) is 6.61 Å². The van der Waals surface area contributed by atoms with Crippen molar-refractivity contribution in [3.05, 3.63) is 58.1 Å². The van der Waals surface area contributed by atoms with Gasteiger partial charge in [-0.1, -0.05) is 82.2 Å². The summed E-state index contributed by atoms with van der Waals surface area (Å²) in [4.78, 5) is 11.5. The molecule has 0 atom stereocenters. The number of carboxylic acid groups (broad SMARTS) is 1. The number of aromatic carboxylic acids is 1. The maximum Gasteiger partial charge on any atom is 0.336 e. The molecule has 29 heavy (non-hydrogen) atoms. The SMILES string of the molecule is CCCCCCCCCCOc1ccc(C(=O)O)c(Br)c1OCc1ccccc1. The van der Waals surface area contributed by atoms with E-state index in [-0.39, 0.29) is 5.56 Å². The smallest absolute Gasteiger partial charge is 0.336 e. The Labute approximate surface area is 182 Å². The van der Waals surface area contributed by atoms with Gasteiger partial charge < -0.3 is 14.6 Å². The standard InChI is InChI=1S/C24H31BrO4/c1-2-3-4-5-6-7-8-12-17-28-21-16-15-20(24(26)27)22(25)23(21)29-18-19-13-10-9-11-14-19/h9-11,13-16H,2-8,12,17-18H2,1H3,(H,26,27). The van der Waals surface area contributed by atoms with Crippen molar-refractivity contribution >= 4 is 21.9 Å². The van der Waals surface area contributed by atoms with E-state index < -0.39 is 5.97 Å². The van der Waals surface area contributed by atoms with Crippen LogP contribution in [0.2, 0.25) is 0 Å². The van der Waals surface area contributed by atoms with Gasteiger partial charge in [-0.25, -0.2) is 4.79 Å². The van der Waals surface area contributed by atoms with Crippen molar-refractivity contribution in [2.45, 2.75) is 64.9 Å². The first kappa shape index (κ1) is 23.3. The summed E-state index contributed by atoms with van der Waals surface area (Å²) in [6.07, 6.45) is 9.88. The van der Waals surface area contributed by atoms with E-state index in [1.54, 1.807) is 12.1 Å². The maximum absolute atomic E-state index is 11.5. The molecule has 0 aliphatic rings. The molecule has 2 rings (SSSR count). The van der Waals surface area contributed by atoms with Gasteiger partial charge in [-0.15, -0.1) is 0 Å². The minimum absolute atomic E-state index is 0.160. The fourth-order valence-electron chi connectivity index (χ4n) is 3.10. The normalized spacial score (nSPS) is 10.7. The fraction of sp³-hybridized carbons (Fsp3) is 0.458. The number of halogens is 1. The highest BCUT2D eigenvalue weighted by Gasteiger charge is 2.18. The van der Waals surface area contributed by atoms with Crippen LogP contribution in [0.5, 0.6) is 11.5 Å². The topological polar surface area (TPSA) is 55.8 Å². The van der Waals surface area contributed by atoms with E-state index in [1.807, 2.05) is 30.3 Å². The van der Waals surface area contributed by atoms with Crippen molar-refractivity contribution in [2.24, 2.45) is 0 Å². The highest BCUT2D eigenvalue weighted by atomic mass is 79.9. The number of benzene rings is 2. The van der Waals surface area contributed by atoms with E-state index >= 15 is 0 Å². The third-order valence-corrected chi connectivity index (χ3v) is 5.56. The monoisotopic (exact) mass is 462 g/mol. The van der Waals surface area contributed by atoms with Crippen molar-refractivity contribution < 1.29 is 19.4 Å². The zero-order valence-electron chi connectivity index (χ0n) is 17.2. The number of hydrogen-bond donors (Lipinski definition) is 1. The fourth-order valence-corrected chi connectivity index (χ4v) is 3.71. The van der Waals surface area contributed by atoms with Crippen LogP contribution in [-0.4, -0.2) is 17.7 Å². The Balaban J connectivity index is 1.90. The zero-order chi connectivity index (χ0) is 20.9. The molecular weight excluding hydrogens is 432 g/mol. The van der Waals surface area contributed by atoms with Crippen molar-refractivity contribution in [3.8, 4) is 11.5 Å². The maximum atomic E-state index is 11.5. The summed E-state index contributed by atoms with van der Waals surface area (Å²) in [5, 5.41) is 9.39. The Morgan fingerprint density at radius 1 is 0.897 bits per heavy atom. The highest BCUT2D eigenvalue weighted by molar-refractivity contribution is 9.10. The minimum atomic E-state index is -1.00. The van der Waals surface area contributed by atoms with Crippen molar-refractivity contribution in [3.63, 3.8) is 0 Å². The summed E-state index contributed by atoms with van der Waals surface area (Å²) in [6.45, 7) is 3.17. The van der Waals surface area contributed by atoms with Gasteiger partial charge in [0.05, 0.1) is 16.6 Å². The molecule has 2 aromatic carbocycles. The van der Waals surface area contributed by atoms with Crippen LogP contribution >= 0.6 is 15.9 Å². The van der Waals surface area contributed by atoms with Crippen LogP contribution in [0.1, 0.15) is 74.2 Å². The molecule has 0 saturated carbocycles. The Kier molecular flexibility index (Phi) is 10.6. The van der Waals surface area contributed by atoms with Crippen LogP contribution in [-0.2, 0) is 6.61 Å². The van der Waals surface area contributed by atoms with E-state index in [4.69, 9.17) is 9.47 Å². The molecule has 0 radical (unpaired) electrons. The summed E-state index contributed by atoms with van der Waals surface area (Å²) in [5.74, 6) is 0.00475. The molecule has 0 saturated heterocycles. The van der Waals surface area contributed by atoms with Crippen LogP contribution in [0.3, 0.4) is 0 Å². The van der Waals surface area contributed by atoms with Gasteiger partial charge in [-0.2, -0.15) is 0 Å². The van der Waals surface area contributed by atoms with Crippen molar-refractivity contribution in [2.75, 3.05) is 6.61 Å². The first-order valence-corrected chi connectivity index (χ1v) is 11.3. The molecule has 0 aromatic heterocycles. The predicted octanol–water partition coefficient (Wildman–Crippen LogP) is 7.25. The molecule has 0 amide bonds. The number of unbranched alkanes of at least 4 members (excludes halogenated alkanes) is 7. The molecule has 0 heterocycles. The van der Waals surface area contributed by atoms with Gasteiger partial charge in [-0.05, 0) is 40.0 Å². The van der Waals surface area contributed by atoms with E-state index in [1.165, 1.54) is 38.5 Å². The first-order valence-electron chi connectivity index (χ1n) is 10.5. The van der Waals surface area contributed by atoms with Crippen LogP contribution in [0.15, 0.2) is 46.9 Å². The Morgan fingerprint density at radius 2 is 1.55 bits per heavy atom. The molecule has 0 aliphatic heterocycles. The second kappa shape index (κ2) is 13.3. The van der Waals surface area contributed by atoms with Crippen molar-refractivity contribution in [1.29, 1.82) is 0 Å². The molecule has 2 aromatic rings. The van der Waals surface area contributed by atoms with Crippen LogP contribution < -0.4 is 9.47 Å². The Morgan fingerprint density at radius 3 is 2.21 bits per heavy atom. The average Bonchev–Trinajstić information content (AvgIpc) is 2.72. The number of ether oxygens (including phenoxy) is 2. The second-order valence-electron chi connectivity index (χ2n) is 7.16. The van der Waals surface area contributed by atoms with Crippen molar-refractivity contribution in [1.82, 2.24) is 0 Å². The summed E-state index contributed by atoms with van der Waals surface area (Å²) in [7, 11) is 0. The van der Waals surface area contributed by atoms with E-state index in [0.717, 1.165) is 18.4 Å². The second-order valence-corrected chi connectivity index (χ2v) is 7.95. The molecule has 1 N–H and O–H groups in total. The summed E-state index contributed by atoms with van der Waals surface area (Å²) in [6, 6.07) is 13.0. The van der Waals surface area contributed by atoms with Gasteiger partial charge in [0.15, 0.2) is 11.5 Å². The van der Waals surface area contributed by atoms with Gasteiger partial charge in [-0.3, -0.25) is 0 Å². The molecule has 0 bridgehead atoms. The van der Waals surface area contributed by atoms with Gasteiger partial charge in [0.2, 0.25) is 0 Å². The van der Waals surface area contributed by atoms with Gasteiger partial charge >= 0.3 is 5.97 Å². The number of hydrogen-bond acceptors (Lipinski definition) is 3. The van der Waals surface area contributed by atoms with E-state index in [0.29, 0.717) is 29.2 Å². The van der Waals surface area contributed by atoms with E-state index in [9.17, 15) is 9.90 Å². The predicted molar refractivity (Wildman–Crippen MR) is 120 cm³/mol. The van der Waals surface area contributed by atoms with Gasteiger partial charge in [0.25, 0.3) is 0 Å². The van der Waals surface area contributed by atoms with Crippen LogP contribution in [0.25, 0.3) is 0 Å². The number of rotatable bonds is 14. The molecule has 4 nitrogen and oxygen atoms in total.